The average Bonchev–Trinajstić information content (AvgIpc) is 2.69. The largest absolute Gasteiger partial charge is 0.354 e. The van der Waals surface area contributed by atoms with Gasteiger partial charge in [-0.1, -0.05) is 32.0 Å². The molecule has 6 nitrogen and oxygen atoms in total. The lowest BCUT2D eigenvalue weighted by Gasteiger charge is -2.11. The Morgan fingerprint density at radius 2 is 1.75 bits per heavy atom. The monoisotopic (exact) mass is 392 g/mol. The standard InChI is InChI=1S/C21H20N4O2S/c1-15(2)17-6-9-20(10-7-17)28(26,27)25-21-11-8-19(14-23-21)24-18-5-3-4-16(12-18)13-22/h3-12,14-15,24H,1-2H3,(H,23,25). The highest BCUT2D eigenvalue weighted by Crippen LogP contribution is 2.21. The van der Waals surface area contributed by atoms with E-state index in [-0.39, 0.29) is 10.7 Å². The normalized spacial score (nSPS) is 11.1. The molecule has 7 heteroatoms. The van der Waals surface area contributed by atoms with Crippen molar-refractivity contribution in [1.82, 2.24) is 4.98 Å². The minimum Gasteiger partial charge on any atom is -0.354 e. The fourth-order valence-corrected chi connectivity index (χ4v) is 3.60. The predicted octanol–water partition coefficient (Wildman–Crippen LogP) is 4.62. The summed E-state index contributed by atoms with van der Waals surface area (Å²) < 4.78 is 27.5. The first kappa shape index (κ1) is 19.4. The molecular weight excluding hydrogens is 372 g/mol. The fourth-order valence-electron chi connectivity index (χ4n) is 2.59. The third-order valence-corrected chi connectivity index (χ3v) is 5.51. The Morgan fingerprint density at radius 1 is 1.00 bits per heavy atom. The van der Waals surface area contributed by atoms with Gasteiger partial charge in [0.05, 0.1) is 28.4 Å². The maximum absolute atomic E-state index is 12.5. The van der Waals surface area contributed by atoms with E-state index >= 15 is 0 Å². The maximum atomic E-state index is 12.5. The summed E-state index contributed by atoms with van der Waals surface area (Å²) in [7, 11) is -3.71. The van der Waals surface area contributed by atoms with Crippen LogP contribution in [0.2, 0.25) is 0 Å². The van der Waals surface area contributed by atoms with Gasteiger partial charge in [-0.3, -0.25) is 4.72 Å². The number of pyridine rings is 1. The van der Waals surface area contributed by atoms with Gasteiger partial charge in [0, 0.05) is 5.69 Å². The molecule has 2 N–H and O–H groups in total. The van der Waals surface area contributed by atoms with Gasteiger partial charge in [-0.05, 0) is 53.9 Å². The number of rotatable bonds is 6. The number of hydrogen-bond acceptors (Lipinski definition) is 5. The molecule has 1 heterocycles. The second-order valence-corrected chi connectivity index (χ2v) is 8.26. The van der Waals surface area contributed by atoms with Crippen molar-refractivity contribution in [2.75, 3.05) is 10.0 Å². The van der Waals surface area contributed by atoms with E-state index in [0.29, 0.717) is 17.2 Å². The average molecular weight is 392 g/mol. The lowest BCUT2D eigenvalue weighted by molar-refractivity contribution is 0.601. The highest BCUT2D eigenvalue weighted by molar-refractivity contribution is 7.92. The summed E-state index contributed by atoms with van der Waals surface area (Å²) in [5, 5.41) is 12.1. The number of nitrogens with one attached hydrogen (secondary N) is 2. The summed E-state index contributed by atoms with van der Waals surface area (Å²) in [5.74, 6) is 0.560. The summed E-state index contributed by atoms with van der Waals surface area (Å²) in [4.78, 5) is 4.35. The van der Waals surface area contributed by atoms with Crippen molar-refractivity contribution in [3.63, 3.8) is 0 Å². The van der Waals surface area contributed by atoms with Gasteiger partial charge in [0.25, 0.3) is 10.0 Å². The third kappa shape index (κ3) is 4.67. The van der Waals surface area contributed by atoms with Crippen molar-refractivity contribution in [3.8, 4) is 6.07 Å². The van der Waals surface area contributed by atoms with Crippen LogP contribution in [-0.4, -0.2) is 13.4 Å². The molecule has 28 heavy (non-hydrogen) atoms. The van der Waals surface area contributed by atoms with Gasteiger partial charge in [-0.2, -0.15) is 5.26 Å². The molecule has 3 rings (SSSR count). The van der Waals surface area contributed by atoms with Crippen LogP contribution < -0.4 is 10.0 Å². The molecule has 0 unspecified atom stereocenters. The van der Waals surface area contributed by atoms with E-state index < -0.39 is 10.0 Å². The number of hydrogen-bond donors (Lipinski definition) is 2. The summed E-state index contributed by atoms with van der Waals surface area (Å²) in [6, 6.07) is 19.2. The van der Waals surface area contributed by atoms with Crippen molar-refractivity contribution in [3.05, 3.63) is 78.0 Å². The molecule has 142 valence electrons. The lowest BCUT2D eigenvalue weighted by atomic mass is 10.0. The van der Waals surface area contributed by atoms with E-state index in [9.17, 15) is 8.42 Å². The maximum Gasteiger partial charge on any atom is 0.263 e. The van der Waals surface area contributed by atoms with E-state index in [1.807, 2.05) is 18.2 Å². The number of nitrogens with zero attached hydrogens (tertiary/aromatic N) is 2. The van der Waals surface area contributed by atoms with Gasteiger partial charge in [0.1, 0.15) is 5.82 Å². The first-order valence-corrected chi connectivity index (χ1v) is 10.2. The van der Waals surface area contributed by atoms with E-state index in [1.165, 1.54) is 6.20 Å². The van der Waals surface area contributed by atoms with Crippen LogP contribution in [-0.2, 0) is 10.0 Å². The zero-order chi connectivity index (χ0) is 20.1. The third-order valence-electron chi connectivity index (χ3n) is 4.14. The molecule has 3 aromatic rings. The Hall–Kier alpha value is -3.37. The zero-order valence-corrected chi connectivity index (χ0v) is 16.4. The van der Waals surface area contributed by atoms with Gasteiger partial charge in [0.15, 0.2) is 0 Å². The van der Waals surface area contributed by atoms with Crippen molar-refractivity contribution < 1.29 is 8.42 Å². The molecule has 2 aromatic carbocycles. The van der Waals surface area contributed by atoms with Gasteiger partial charge >= 0.3 is 0 Å². The second-order valence-electron chi connectivity index (χ2n) is 6.58. The number of aromatic nitrogens is 1. The van der Waals surface area contributed by atoms with Crippen LogP contribution in [0.5, 0.6) is 0 Å². The van der Waals surface area contributed by atoms with E-state index in [2.05, 4.69) is 34.9 Å². The summed E-state index contributed by atoms with van der Waals surface area (Å²) in [6.45, 7) is 4.11. The molecule has 0 fully saturated rings. The summed E-state index contributed by atoms with van der Waals surface area (Å²) >= 11 is 0. The Balaban J connectivity index is 1.71. The molecule has 0 atom stereocenters. The minimum absolute atomic E-state index is 0.189. The Morgan fingerprint density at radius 3 is 2.36 bits per heavy atom. The Bertz CT molecular complexity index is 1100. The van der Waals surface area contributed by atoms with Crippen molar-refractivity contribution >= 4 is 27.2 Å². The highest BCUT2D eigenvalue weighted by Gasteiger charge is 2.15. The van der Waals surface area contributed by atoms with Crippen molar-refractivity contribution in [2.45, 2.75) is 24.7 Å². The van der Waals surface area contributed by atoms with Gasteiger partial charge in [0.2, 0.25) is 0 Å². The van der Waals surface area contributed by atoms with Crippen LogP contribution in [0, 0.1) is 11.3 Å². The topological polar surface area (TPSA) is 94.9 Å². The Kier molecular flexibility index (Phi) is 5.62. The fraction of sp³-hybridized carbons (Fsp3) is 0.143. The number of anilines is 3. The second kappa shape index (κ2) is 8.11. The molecule has 0 amide bonds. The molecule has 0 aliphatic rings. The molecule has 0 aliphatic carbocycles. The highest BCUT2D eigenvalue weighted by atomic mass is 32.2. The first-order chi connectivity index (χ1) is 13.4. The number of nitriles is 1. The smallest absolute Gasteiger partial charge is 0.263 e. The number of sulfonamides is 1. The van der Waals surface area contributed by atoms with Crippen LogP contribution in [0.4, 0.5) is 17.2 Å². The predicted molar refractivity (Wildman–Crippen MR) is 110 cm³/mol. The molecular formula is C21H20N4O2S. The Labute approximate surface area is 164 Å². The number of benzene rings is 2. The van der Waals surface area contributed by atoms with Crippen molar-refractivity contribution in [1.29, 1.82) is 5.26 Å². The SMILES string of the molecule is CC(C)c1ccc(S(=O)(=O)Nc2ccc(Nc3cccc(C#N)c3)cn2)cc1. The van der Waals surface area contributed by atoms with Crippen molar-refractivity contribution in [2.24, 2.45) is 0 Å². The van der Waals surface area contributed by atoms with Gasteiger partial charge in [-0.25, -0.2) is 13.4 Å². The van der Waals surface area contributed by atoms with E-state index in [4.69, 9.17) is 5.26 Å². The molecule has 0 saturated carbocycles. The van der Waals surface area contributed by atoms with Gasteiger partial charge < -0.3 is 5.32 Å². The van der Waals surface area contributed by atoms with E-state index in [0.717, 1.165) is 11.3 Å². The molecule has 0 radical (unpaired) electrons. The zero-order valence-electron chi connectivity index (χ0n) is 15.5. The molecule has 0 saturated heterocycles. The summed E-state index contributed by atoms with van der Waals surface area (Å²) in [6.07, 6.45) is 1.53. The first-order valence-electron chi connectivity index (χ1n) is 8.73. The van der Waals surface area contributed by atoms with Gasteiger partial charge in [-0.15, -0.1) is 0 Å². The lowest BCUT2D eigenvalue weighted by Crippen LogP contribution is -2.14. The van der Waals surface area contributed by atoms with Crippen LogP contribution in [0.1, 0.15) is 30.9 Å². The van der Waals surface area contributed by atoms with Crippen LogP contribution >= 0.6 is 0 Å². The van der Waals surface area contributed by atoms with Crippen LogP contribution in [0.3, 0.4) is 0 Å². The van der Waals surface area contributed by atoms with E-state index in [1.54, 1.807) is 42.5 Å². The van der Waals surface area contributed by atoms with Crippen LogP contribution in [0.25, 0.3) is 0 Å². The van der Waals surface area contributed by atoms with Crippen LogP contribution in [0.15, 0.2) is 71.8 Å². The molecule has 0 spiro atoms. The molecule has 0 bridgehead atoms. The minimum atomic E-state index is -3.71. The summed E-state index contributed by atoms with van der Waals surface area (Å²) in [5.41, 5.74) is 3.05. The molecule has 0 aliphatic heterocycles. The quantitative estimate of drug-likeness (QED) is 0.638. The molecule has 1 aromatic heterocycles.